The summed E-state index contributed by atoms with van der Waals surface area (Å²) in [6.45, 7) is 7.50. The molecular weight excluding hydrogens is 630 g/mol. The van der Waals surface area contributed by atoms with Crippen molar-refractivity contribution in [2.75, 3.05) is 0 Å². The van der Waals surface area contributed by atoms with Crippen molar-refractivity contribution in [2.45, 2.75) is 0 Å². The lowest BCUT2D eigenvalue weighted by Crippen LogP contribution is -2.16. The topological polar surface area (TPSA) is 74.6 Å². The summed E-state index contributed by atoms with van der Waals surface area (Å²) in [6, 6.07) is 50.8. The van der Waals surface area contributed by atoms with Gasteiger partial charge in [-0.25, -0.2) is 0 Å². The predicted molar refractivity (Wildman–Crippen MR) is 201 cm³/mol. The van der Waals surface area contributed by atoms with Crippen LogP contribution in [-0.2, 0) is 9.13 Å². The van der Waals surface area contributed by atoms with Gasteiger partial charge in [-0.05, 0) is 24.3 Å². The zero-order chi connectivity index (χ0) is 34.0. The van der Waals surface area contributed by atoms with Crippen molar-refractivity contribution >= 4 is 46.1 Å². The number of para-hydroxylation sites is 2. The molecule has 0 aliphatic carbocycles. The fraction of sp³-hybridized carbons (Fsp3) is 0. The van der Waals surface area contributed by atoms with E-state index in [0.29, 0.717) is 43.0 Å². The molecule has 0 fully saturated rings. The van der Waals surface area contributed by atoms with E-state index < -0.39 is 14.3 Å². The molecule has 2 N–H and O–H groups in total. The summed E-state index contributed by atoms with van der Waals surface area (Å²) in [4.78, 5) is 0. The van der Waals surface area contributed by atoms with Crippen molar-refractivity contribution in [1.29, 1.82) is 0 Å². The van der Waals surface area contributed by atoms with Crippen molar-refractivity contribution in [3.05, 3.63) is 206 Å². The Morgan fingerprint density at radius 2 is 0.625 bits per heavy atom. The van der Waals surface area contributed by atoms with E-state index in [1.807, 2.05) is 121 Å². The monoisotopic (exact) mass is 664 g/mol. The van der Waals surface area contributed by atoms with Crippen LogP contribution in [0.25, 0.3) is 10.6 Å². The summed E-state index contributed by atoms with van der Waals surface area (Å²) in [6.07, 6.45) is 0. The quantitative estimate of drug-likeness (QED) is 0.126. The number of phenols is 2. The average molecular weight is 665 g/mol. The minimum atomic E-state index is -3.20. The molecule has 0 atom stereocenters. The lowest BCUT2D eigenvalue weighted by molar-refractivity contribution is 0.473. The molecule has 0 aliphatic rings. The second-order valence-corrected chi connectivity index (χ2v) is 16.0. The first-order valence-electron chi connectivity index (χ1n) is 15.2. The molecule has 236 valence electrons. The van der Waals surface area contributed by atoms with Crippen LogP contribution in [0.4, 0.5) is 0 Å². The van der Waals surface area contributed by atoms with Crippen LogP contribution in [0.15, 0.2) is 194 Å². The van der Waals surface area contributed by atoms with E-state index in [4.69, 9.17) is 0 Å². The van der Waals surface area contributed by atoms with Crippen molar-refractivity contribution in [2.24, 2.45) is 0 Å². The van der Waals surface area contributed by atoms with Crippen LogP contribution in [0.3, 0.4) is 0 Å². The van der Waals surface area contributed by atoms with Crippen LogP contribution in [0, 0.1) is 0 Å². The summed E-state index contributed by atoms with van der Waals surface area (Å²) in [5, 5.41) is 24.1. The lowest BCUT2D eigenvalue weighted by atomic mass is 10.2. The van der Waals surface area contributed by atoms with Gasteiger partial charge in [0, 0.05) is 32.3 Å². The second-order valence-electron chi connectivity index (χ2n) is 10.6. The third kappa shape index (κ3) is 6.76. The van der Waals surface area contributed by atoms with E-state index in [1.165, 1.54) is 0 Å². The molecule has 6 rings (SSSR count). The standard InChI is InChI=1S/2C21H17O2P/c2*1-2-21(19-15-9-10-16-20(19)22)24(23,17-11-5-3-6-12-17)18-13-7-4-8-14-18/h2*3-16,22H,1H2. The molecule has 0 aromatic heterocycles. The molecule has 4 nitrogen and oxygen atoms in total. The average Bonchev–Trinajstić information content (AvgIpc) is 3.15. The predicted octanol–water partition coefficient (Wildman–Crippen LogP) is 9.06. The van der Waals surface area contributed by atoms with Gasteiger partial charge in [0.05, 0.1) is 10.6 Å². The third-order valence-electron chi connectivity index (χ3n) is 7.76. The normalized spacial score (nSPS) is 10.8. The SMILES string of the molecule is C=C=C(c1ccccc1O)P(=O)(c1ccccc1)c1ccccc1.C=C=C(c1ccccc1O)P(=O)(c1ccccc1)c1ccccc1. The zero-order valence-corrected chi connectivity index (χ0v) is 28.0. The van der Waals surface area contributed by atoms with Crippen LogP contribution < -0.4 is 21.2 Å². The van der Waals surface area contributed by atoms with Gasteiger partial charge in [0.2, 0.25) is 0 Å². The van der Waals surface area contributed by atoms with Crippen molar-refractivity contribution in [3.8, 4) is 11.5 Å². The maximum Gasteiger partial charge on any atom is 0.179 e. The summed E-state index contributed by atoms with van der Waals surface area (Å²) >= 11 is 0. The van der Waals surface area contributed by atoms with E-state index in [9.17, 15) is 19.3 Å². The summed E-state index contributed by atoms with van der Waals surface area (Å²) < 4.78 is 28.5. The van der Waals surface area contributed by atoms with Crippen molar-refractivity contribution in [1.82, 2.24) is 0 Å². The number of benzene rings is 6. The Hall–Kier alpha value is -5.58. The summed E-state index contributed by atoms with van der Waals surface area (Å²) in [7, 11) is -6.40. The van der Waals surface area contributed by atoms with E-state index in [-0.39, 0.29) is 11.5 Å². The van der Waals surface area contributed by atoms with Gasteiger partial charge in [-0.15, -0.1) is 11.5 Å². The van der Waals surface area contributed by atoms with Crippen LogP contribution in [0.2, 0.25) is 0 Å². The number of hydrogen-bond donors (Lipinski definition) is 2. The molecule has 6 aromatic carbocycles. The van der Waals surface area contributed by atoms with E-state index in [0.717, 1.165) is 0 Å². The smallest absolute Gasteiger partial charge is 0.179 e. The van der Waals surface area contributed by atoms with Crippen molar-refractivity contribution in [3.63, 3.8) is 0 Å². The highest BCUT2D eigenvalue weighted by Crippen LogP contribution is 2.58. The third-order valence-corrected chi connectivity index (χ3v) is 13.9. The Labute approximate surface area is 281 Å². The minimum Gasteiger partial charge on any atom is -0.507 e. The Kier molecular flexibility index (Phi) is 10.8. The van der Waals surface area contributed by atoms with E-state index in [1.54, 1.807) is 48.5 Å². The zero-order valence-electron chi connectivity index (χ0n) is 26.2. The maximum absolute atomic E-state index is 14.2. The highest BCUT2D eigenvalue weighted by Gasteiger charge is 2.35. The van der Waals surface area contributed by atoms with E-state index >= 15 is 0 Å². The van der Waals surface area contributed by atoms with Crippen LogP contribution in [0.5, 0.6) is 11.5 Å². The molecule has 0 amide bonds. The highest BCUT2D eigenvalue weighted by molar-refractivity contribution is 7.88. The first-order valence-corrected chi connectivity index (χ1v) is 18.6. The Morgan fingerprint density at radius 3 is 0.854 bits per heavy atom. The molecule has 48 heavy (non-hydrogen) atoms. The fourth-order valence-corrected chi connectivity index (χ4v) is 11.0. The molecule has 0 unspecified atom stereocenters. The molecule has 0 radical (unpaired) electrons. The minimum absolute atomic E-state index is 0.0655. The number of phenolic OH excluding ortho intramolecular Hbond substituents is 2. The molecule has 0 saturated carbocycles. The molecule has 6 heteroatoms. The molecular formula is C42H34O4P2. The highest BCUT2D eigenvalue weighted by atomic mass is 31.2. The van der Waals surface area contributed by atoms with Crippen LogP contribution >= 0.6 is 14.3 Å². The number of rotatable bonds is 8. The van der Waals surface area contributed by atoms with Crippen LogP contribution in [0.1, 0.15) is 11.1 Å². The largest absolute Gasteiger partial charge is 0.507 e. The van der Waals surface area contributed by atoms with Crippen LogP contribution in [-0.4, -0.2) is 10.2 Å². The first kappa shape index (κ1) is 33.8. The summed E-state index contributed by atoms with van der Waals surface area (Å²) in [5.41, 5.74) is 6.66. The Morgan fingerprint density at radius 1 is 0.396 bits per heavy atom. The van der Waals surface area contributed by atoms with Gasteiger partial charge in [-0.1, -0.05) is 159 Å². The Bertz CT molecular complexity index is 1950. The molecule has 0 aliphatic heterocycles. The summed E-state index contributed by atoms with van der Waals surface area (Å²) in [5.74, 6) is 0.131. The maximum atomic E-state index is 14.2. The molecule has 6 aromatic rings. The van der Waals surface area contributed by atoms with Gasteiger partial charge in [0.1, 0.15) is 11.5 Å². The van der Waals surface area contributed by atoms with Gasteiger partial charge in [0.25, 0.3) is 0 Å². The molecule has 0 saturated heterocycles. The lowest BCUT2D eigenvalue weighted by Gasteiger charge is -2.22. The van der Waals surface area contributed by atoms with E-state index in [2.05, 4.69) is 24.6 Å². The Balaban J connectivity index is 0.000000188. The van der Waals surface area contributed by atoms with Gasteiger partial charge in [0.15, 0.2) is 14.3 Å². The molecule has 0 bridgehead atoms. The molecule has 0 heterocycles. The second kappa shape index (κ2) is 15.3. The van der Waals surface area contributed by atoms with Gasteiger partial charge in [-0.2, -0.15) is 0 Å². The first-order chi connectivity index (χ1) is 23.3. The van der Waals surface area contributed by atoms with Gasteiger partial charge in [-0.3, -0.25) is 0 Å². The fourth-order valence-electron chi connectivity index (χ4n) is 5.47. The van der Waals surface area contributed by atoms with Gasteiger partial charge >= 0.3 is 0 Å². The van der Waals surface area contributed by atoms with Crippen molar-refractivity contribution < 1.29 is 19.3 Å². The molecule has 0 spiro atoms. The number of hydrogen-bond acceptors (Lipinski definition) is 4. The van der Waals surface area contributed by atoms with Gasteiger partial charge < -0.3 is 19.3 Å². The number of aromatic hydroxyl groups is 2.